The maximum atomic E-state index is 12.9. The van der Waals surface area contributed by atoms with Gasteiger partial charge in [0.2, 0.25) is 5.91 Å². The van der Waals surface area contributed by atoms with Crippen LogP contribution in [0.2, 0.25) is 0 Å². The van der Waals surface area contributed by atoms with E-state index in [-0.39, 0.29) is 18.1 Å². The van der Waals surface area contributed by atoms with Crippen LogP contribution in [-0.2, 0) is 24.2 Å². The molecule has 0 saturated carbocycles. The number of nitrogens with zero attached hydrogens (tertiary/aromatic N) is 4. The van der Waals surface area contributed by atoms with Gasteiger partial charge in [-0.1, -0.05) is 13.0 Å². The number of carbonyl (C=O) groups excluding carboxylic acids is 1. The first kappa shape index (κ1) is 19.7. The summed E-state index contributed by atoms with van der Waals surface area (Å²) in [5.41, 5.74) is 3.01. The number of amides is 1. The van der Waals surface area contributed by atoms with Crippen LogP contribution in [0.4, 0.5) is 5.69 Å². The summed E-state index contributed by atoms with van der Waals surface area (Å²) in [5, 5.41) is 8.30. The minimum atomic E-state index is -0.375. The molecule has 8 nitrogen and oxygen atoms in total. The molecule has 5 rings (SSSR count). The molecule has 0 spiro atoms. The number of hydrogen-bond donors (Lipinski definition) is 1. The van der Waals surface area contributed by atoms with Crippen molar-refractivity contribution < 1.29 is 9.53 Å². The molecule has 1 aromatic carbocycles. The Balaban J connectivity index is 1.50. The molecule has 160 valence electrons. The van der Waals surface area contributed by atoms with Crippen molar-refractivity contribution in [1.29, 1.82) is 0 Å². The highest BCUT2D eigenvalue weighted by Gasteiger charge is 2.24. The summed E-state index contributed by atoms with van der Waals surface area (Å²) < 4.78 is 7.95. The first-order valence-electron chi connectivity index (χ1n) is 10.3. The van der Waals surface area contributed by atoms with Gasteiger partial charge in [-0.25, -0.2) is 18.9 Å². The number of methoxy groups -OCH3 is 1. The number of hydrogen-bond acceptors (Lipinski definition) is 6. The lowest BCUT2D eigenvalue weighted by molar-refractivity contribution is -0.117. The fourth-order valence-electron chi connectivity index (χ4n) is 4.21. The molecule has 9 heteroatoms. The third-order valence-electron chi connectivity index (χ3n) is 5.80. The molecule has 31 heavy (non-hydrogen) atoms. The van der Waals surface area contributed by atoms with E-state index in [1.165, 1.54) is 25.9 Å². The Labute approximate surface area is 182 Å². The number of ether oxygens (including phenoxy) is 1. The number of aromatic nitrogens is 4. The van der Waals surface area contributed by atoms with Crippen LogP contribution in [0.3, 0.4) is 0 Å². The maximum Gasteiger partial charge on any atom is 0.352 e. The van der Waals surface area contributed by atoms with Crippen molar-refractivity contribution in [1.82, 2.24) is 19.2 Å². The highest BCUT2D eigenvalue weighted by Crippen LogP contribution is 2.38. The average Bonchev–Trinajstić information content (AvgIpc) is 3.25. The van der Waals surface area contributed by atoms with Crippen LogP contribution in [-0.4, -0.2) is 32.2 Å². The second kappa shape index (κ2) is 7.49. The fourth-order valence-corrected chi connectivity index (χ4v) is 5.56. The van der Waals surface area contributed by atoms with E-state index in [0.717, 1.165) is 35.0 Å². The summed E-state index contributed by atoms with van der Waals surface area (Å²) in [4.78, 5) is 32.3. The molecule has 0 aliphatic heterocycles. The Morgan fingerprint density at radius 3 is 3.03 bits per heavy atom. The largest absolute Gasteiger partial charge is 0.495 e. The number of thiophene rings is 1. The van der Waals surface area contributed by atoms with Gasteiger partial charge in [-0.15, -0.1) is 16.4 Å². The van der Waals surface area contributed by atoms with E-state index in [0.29, 0.717) is 23.0 Å². The first-order chi connectivity index (χ1) is 14.9. The van der Waals surface area contributed by atoms with Crippen molar-refractivity contribution in [2.45, 2.75) is 39.7 Å². The molecule has 0 unspecified atom stereocenters. The molecule has 0 radical (unpaired) electrons. The van der Waals surface area contributed by atoms with E-state index in [1.54, 1.807) is 24.5 Å². The van der Waals surface area contributed by atoms with Gasteiger partial charge >= 0.3 is 5.69 Å². The molecule has 3 heterocycles. The molecule has 1 atom stereocenters. The van der Waals surface area contributed by atoms with Gasteiger partial charge < -0.3 is 10.1 Å². The van der Waals surface area contributed by atoms with Crippen LogP contribution in [0.25, 0.3) is 15.9 Å². The molecule has 1 amide bonds. The fraction of sp³-hybridized carbons (Fsp3) is 0.364. The standard InChI is InChI=1S/C22H23N5O3S/c1-12-5-7-16(30-3)15(8-12)24-18(28)10-27-22(29)26-11-23-21-19(20(26)25-27)14-6-4-13(2)9-17(14)31-21/h5,7-8,11,13H,4,6,9-10H2,1-3H3,(H,24,28)/t13-/m1/s1. The minimum absolute atomic E-state index is 0.192. The van der Waals surface area contributed by atoms with Crippen molar-refractivity contribution in [3.63, 3.8) is 0 Å². The maximum absolute atomic E-state index is 12.9. The van der Waals surface area contributed by atoms with Crippen LogP contribution in [0.5, 0.6) is 5.75 Å². The number of fused-ring (bicyclic) bond motifs is 5. The zero-order chi connectivity index (χ0) is 21.7. The number of rotatable bonds is 4. The number of anilines is 1. The van der Waals surface area contributed by atoms with Gasteiger partial charge in [0.25, 0.3) is 0 Å². The quantitative estimate of drug-likeness (QED) is 0.530. The van der Waals surface area contributed by atoms with Gasteiger partial charge in [0, 0.05) is 4.88 Å². The van der Waals surface area contributed by atoms with Crippen LogP contribution < -0.4 is 15.7 Å². The van der Waals surface area contributed by atoms with Gasteiger partial charge in [0.1, 0.15) is 23.5 Å². The summed E-state index contributed by atoms with van der Waals surface area (Å²) in [6.07, 6.45) is 4.63. The van der Waals surface area contributed by atoms with Gasteiger partial charge in [-0.05, 0) is 55.4 Å². The minimum Gasteiger partial charge on any atom is -0.495 e. The molecule has 0 fully saturated rings. The summed E-state index contributed by atoms with van der Waals surface area (Å²) in [6, 6.07) is 5.53. The third-order valence-corrected chi connectivity index (χ3v) is 6.96. The predicted molar refractivity (Wildman–Crippen MR) is 120 cm³/mol. The zero-order valence-corrected chi connectivity index (χ0v) is 18.5. The summed E-state index contributed by atoms with van der Waals surface area (Å²) in [7, 11) is 1.55. The molecule has 4 aromatic rings. The van der Waals surface area contributed by atoms with Crippen molar-refractivity contribution in [2.75, 3.05) is 12.4 Å². The first-order valence-corrected chi connectivity index (χ1v) is 11.1. The lowest BCUT2D eigenvalue weighted by Crippen LogP contribution is -2.28. The highest BCUT2D eigenvalue weighted by atomic mass is 32.1. The van der Waals surface area contributed by atoms with E-state index < -0.39 is 0 Å². The van der Waals surface area contributed by atoms with E-state index in [9.17, 15) is 9.59 Å². The van der Waals surface area contributed by atoms with Gasteiger partial charge in [0.05, 0.1) is 18.2 Å². The number of benzene rings is 1. The smallest absolute Gasteiger partial charge is 0.352 e. The molecular formula is C22H23N5O3S. The Kier molecular flexibility index (Phi) is 4.77. The van der Waals surface area contributed by atoms with Gasteiger partial charge in [0.15, 0.2) is 5.65 Å². The summed E-state index contributed by atoms with van der Waals surface area (Å²) in [5.74, 6) is 0.866. The van der Waals surface area contributed by atoms with Gasteiger partial charge in [-0.3, -0.25) is 4.79 Å². The molecule has 1 N–H and O–H groups in total. The highest BCUT2D eigenvalue weighted by molar-refractivity contribution is 7.19. The van der Waals surface area contributed by atoms with Crippen LogP contribution in [0.1, 0.15) is 29.3 Å². The average molecular weight is 438 g/mol. The molecule has 0 bridgehead atoms. The van der Waals surface area contributed by atoms with Crippen LogP contribution in [0, 0.1) is 12.8 Å². The zero-order valence-electron chi connectivity index (χ0n) is 17.6. The number of aryl methyl sites for hydroxylation is 2. The molecular weight excluding hydrogens is 414 g/mol. The van der Waals surface area contributed by atoms with E-state index in [2.05, 4.69) is 22.3 Å². The number of nitrogens with one attached hydrogen (secondary N) is 1. The van der Waals surface area contributed by atoms with E-state index in [1.807, 2.05) is 19.1 Å². The van der Waals surface area contributed by atoms with Crippen molar-refractivity contribution >= 4 is 38.8 Å². The topological polar surface area (TPSA) is 90.5 Å². The Hall–Kier alpha value is -3.20. The Bertz CT molecular complexity index is 1380. The molecule has 3 aromatic heterocycles. The van der Waals surface area contributed by atoms with Crippen molar-refractivity contribution in [3.05, 3.63) is 51.0 Å². The van der Waals surface area contributed by atoms with Crippen molar-refractivity contribution in [3.8, 4) is 5.75 Å². The third kappa shape index (κ3) is 3.38. The SMILES string of the molecule is COc1ccc(C)cc1NC(=O)Cn1nc2c3c4c(sc3ncn2c1=O)C[C@H](C)CC4. The second-order valence-electron chi connectivity index (χ2n) is 8.16. The molecule has 1 aliphatic carbocycles. The van der Waals surface area contributed by atoms with E-state index in [4.69, 9.17) is 4.74 Å². The summed E-state index contributed by atoms with van der Waals surface area (Å²) >= 11 is 1.69. The number of carbonyl (C=O) groups is 1. The summed E-state index contributed by atoms with van der Waals surface area (Å²) in [6.45, 7) is 4.00. The monoisotopic (exact) mass is 437 g/mol. The molecule has 0 saturated heterocycles. The lowest BCUT2D eigenvalue weighted by Gasteiger charge is -2.17. The normalized spacial score (nSPS) is 15.9. The van der Waals surface area contributed by atoms with Crippen LogP contribution >= 0.6 is 11.3 Å². The second-order valence-corrected chi connectivity index (χ2v) is 9.25. The van der Waals surface area contributed by atoms with Crippen molar-refractivity contribution in [2.24, 2.45) is 5.92 Å². The van der Waals surface area contributed by atoms with E-state index >= 15 is 0 Å². The van der Waals surface area contributed by atoms with Crippen LogP contribution in [0.15, 0.2) is 29.3 Å². The Morgan fingerprint density at radius 1 is 1.39 bits per heavy atom. The predicted octanol–water partition coefficient (Wildman–Crippen LogP) is 3.19. The van der Waals surface area contributed by atoms with Gasteiger partial charge in [-0.2, -0.15) is 0 Å². The Morgan fingerprint density at radius 2 is 2.23 bits per heavy atom. The molecule has 1 aliphatic rings. The lowest BCUT2D eigenvalue weighted by atomic mass is 9.89.